The molecule has 0 spiro atoms. The van der Waals surface area contributed by atoms with Gasteiger partial charge in [-0.2, -0.15) is 0 Å². The Bertz CT molecular complexity index is 834. The van der Waals surface area contributed by atoms with Crippen molar-refractivity contribution in [1.82, 2.24) is 10.1 Å². The lowest BCUT2D eigenvalue weighted by atomic mass is 9.92. The van der Waals surface area contributed by atoms with Gasteiger partial charge in [0.1, 0.15) is 0 Å². The summed E-state index contributed by atoms with van der Waals surface area (Å²) in [6.07, 6.45) is 3.48. The molecule has 0 saturated carbocycles. The number of anilines is 2. The molecule has 6 nitrogen and oxygen atoms in total. The maximum Gasteiger partial charge on any atom is 0.326 e. The number of amides is 2. The van der Waals surface area contributed by atoms with Crippen molar-refractivity contribution in [2.24, 2.45) is 0 Å². The Kier molecular flexibility index (Phi) is 4.35. The standard InChI is InChI=1S/C17H18N4O2S/c1-17(2,3)13-9-14(23-21-13)19-16(22)20-15-8-12(10-24-15)11-4-6-18-7-5-11/h4-10H,1-3H3,(H2,19,20,22). The van der Waals surface area contributed by atoms with Crippen LogP contribution in [0.5, 0.6) is 0 Å². The Hall–Kier alpha value is -2.67. The molecule has 0 saturated heterocycles. The summed E-state index contributed by atoms with van der Waals surface area (Å²) < 4.78 is 5.15. The Labute approximate surface area is 143 Å². The number of urea groups is 1. The summed E-state index contributed by atoms with van der Waals surface area (Å²) in [5.74, 6) is 0.323. The van der Waals surface area contributed by atoms with Crippen LogP contribution in [0.15, 0.2) is 46.6 Å². The highest BCUT2D eigenvalue weighted by atomic mass is 32.1. The lowest BCUT2D eigenvalue weighted by Gasteiger charge is -2.12. The van der Waals surface area contributed by atoms with E-state index in [0.717, 1.165) is 21.8 Å². The largest absolute Gasteiger partial charge is 0.338 e. The van der Waals surface area contributed by atoms with Crippen LogP contribution in [0.2, 0.25) is 0 Å². The van der Waals surface area contributed by atoms with Gasteiger partial charge in [-0.1, -0.05) is 25.9 Å². The van der Waals surface area contributed by atoms with E-state index in [1.165, 1.54) is 11.3 Å². The molecule has 0 fully saturated rings. The number of pyridine rings is 1. The molecule has 2 amide bonds. The fourth-order valence-electron chi connectivity index (χ4n) is 2.04. The maximum absolute atomic E-state index is 12.1. The predicted molar refractivity (Wildman–Crippen MR) is 95.4 cm³/mol. The van der Waals surface area contributed by atoms with Gasteiger partial charge in [-0.3, -0.25) is 15.6 Å². The van der Waals surface area contributed by atoms with Gasteiger partial charge in [-0.25, -0.2) is 4.79 Å². The number of carbonyl (C=O) groups is 1. The average Bonchev–Trinajstić information content (AvgIpc) is 3.17. The Morgan fingerprint density at radius 3 is 2.54 bits per heavy atom. The van der Waals surface area contributed by atoms with Gasteiger partial charge in [0.15, 0.2) is 0 Å². The third-order valence-corrected chi connectivity index (χ3v) is 4.21. The van der Waals surface area contributed by atoms with Crippen LogP contribution >= 0.6 is 11.3 Å². The molecule has 0 aromatic carbocycles. The van der Waals surface area contributed by atoms with Gasteiger partial charge in [-0.15, -0.1) is 11.3 Å². The summed E-state index contributed by atoms with van der Waals surface area (Å²) in [6, 6.07) is 7.13. The fraction of sp³-hybridized carbons (Fsp3) is 0.235. The van der Waals surface area contributed by atoms with Crippen LogP contribution in [-0.4, -0.2) is 16.2 Å². The van der Waals surface area contributed by atoms with Crippen molar-refractivity contribution >= 4 is 28.3 Å². The Morgan fingerprint density at radius 2 is 1.88 bits per heavy atom. The molecule has 0 aliphatic rings. The number of thiophene rings is 1. The van der Waals surface area contributed by atoms with Gasteiger partial charge in [-0.05, 0) is 29.3 Å². The second-order valence-electron chi connectivity index (χ2n) is 6.34. The van der Waals surface area contributed by atoms with E-state index in [-0.39, 0.29) is 11.4 Å². The van der Waals surface area contributed by atoms with E-state index in [0.29, 0.717) is 5.88 Å². The van der Waals surface area contributed by atoms with E-state index in [4.69, 9.17) is 4.52 Å². The van der Waals surface area contributed by atoms with Crippen molar-refractivity contribution in [2.75, 3.05) is 10.6 Å². The summed E-state index contributed by atoms with van der Waals surface area (Å²) in [6.45, 7) is 6.09. The molecule has 0 radical (unpaired) electrons. The predicted octanol–water partition coefficient (Wildman–Crippen LogP) is 4.74. The van der Waals surface area contributed by atoms with E-state index in [1.54, 1.807) is 18.5 Å². The van der Waals surface area contributed by atoms with E-state index >= 15 is 0 Å². The lowest BCUT2D eigenvalue weighted by molar-refractivity contribution is 0.261. The average molecular weight is 342 g/mol. The minimum Gasteiger partial charge on any atom is -0.338 e. The molecule has 3 heterocycles. The molecule has 3 aromatic rings. The molecule has 24 heavy (non-hydrogen) atoms. The number of nitrogens with one attached hydrogen (secondary N) is 2. The minimum absolute atomic E-state index is 0.132. The summed E-state index contributed by atoms with van der Waals surface area (Å²) in [4.78, 5) is 16.1. The monoisotopic (exact) mass is 342 g/mol. The first-order valence-corrected chi connectivity index (χ1v) is 8.34. The number of hydrogen-bond donors (Lipinski definition) is 2. The molecule has 0 unspecified atom stereocenters. The van der Waals surface area contributed by atoms with Gasteiger partial charge >= 0.3 is 6.03 Å². The van der Waals surface area contributed by atoms with Crippen LogP contribution in [0.1, 0.15) is 26.5 Å². The second-order valence-corrected chi connectivity index (χ2v) is 7.25. The van der Waals surface area contributed by atoms with Gasteiger partial charge < -0.3 is 4.52 Å². The van der Waals surface area contributed by atoms with Crippen molar-refractivity contribution in [3.05, 3.63) is 47.7 Å². The van der Waals surface area contributed by atoms with Crippen LogP contribution in [0.3, 0.4) is 0 Å². The number of carbonyl (C=O) groups excluding carboxylic acids is 1. The first-order chi connectivity index (χ1) is 11.4. The van der Waals surface area contributed by atoms with E-state index in [1.807, 2.05) is 44.4 Å². The summed E-state index contributed by atoms with van der Waals surface area (Å²) in [5, 5.41) is 12.1. The summed E-state index contributed by atoms with van der Waals surface area (Å²) in [5.41, 5.74) is 2.74. The third-order valence-electron chi connectivity index (χ3n) is 3.37. The van der Waals surface area contributed by atoms with Crippen molar-refractivity contribution in [2.45, 2.75) is 26.2 Å². The molecule has 0 atom stereocenters. The molecule has 7 heteroatoms. The van der Waals surface area contributed by atoms with E-state index in [2.05, 4.69) is 20.8 Å². The molecular weight excluding hydrogens is 324 g/mol. The molecule has 3 aromatic heterocycles. The molecule has 2 N–H and O–H groups in total. The van der Waals surface area contributed by atoms with E-state index in [9.17, 15) is 4.79 Å². The van der Waals surface area contributed by atoms with Crippen molar-refractivity contribution in [3.8, 4) is 11.1 Å². The zero-order valence-corrected chi connectivity index (χ0v) is 14.5. The number of aromatic nitrogens is 2. The zero-order chi connectivity index (χ0) is 17.2. The molecule has 0 bridgehead atoms. The van der Waals surface area contributed by atoms with Crippen molar-refractivity contribution in [3.63, 3.8) is 0 Å². The second kappa shape index (κ2) is 6.45. The zero-order valence-electron chi connectivity index (χ0n) is 13.7. The molecule has 124 valence electrons. The van der Waals surface area contributed by atoms with Gasteiger partial charge in [0, 0.05) is 29.3 Å². The highest BCUT2D eigenvalue weighted by Gasteiger charge is 2.19. The maximum atomic E-state index is 12.1. The Morgan fingerprint density at radius 1 is 1.12 bits per heavy atom. The minimum atomic E-state index is -0.366. The van der Waals surface area contributed by atoms with Crippen molar-refractivity contribution in [1.29, 1.82) is 0 Å². The fourth-order valence-corrected chi connectivity index (χ4v) is 2.84. The van der Waals surface area contributed by atoms with Crippen LogP contribution in [0, 0.1) is 0 Å². The molecule has 0 aliphatic heterocycles. The highest BCUT2D eigenvalue weighted by Crippen LogP contribution is 2.29. The van der Waals surface area contributed by atoms with Gasteiger partial charge in [0.2, 0.25) is 5.88 Å². The van der Waals surface area contributed by atoms with Crippen LogP contribution < -0.4 is 10.6 Å². The topological polar surface area (TPSA) is 80.0 Å². The quantitative estimate of drug-likeness (QED) is 0.720. The molecule has 0 aliphatic carbocycles. The van der Waals surface area contributed by atoms with Gasteiger partial charge in [0.05, 0.1) is 10.7 Å². The van der Waals surface area contributed by atoms with Gasteiger partial charge in [0.25, 0.3) is 0 Å². The highest BCUT2D eigenvalue weighted by molar-refractivity contribution is 7.14. The number of rotatable bonds is 3. The smallest absolute Gasteiger partial charge is 0.326 e. The Balaban J connectivity index is 1.63. The normalized spacial score (nSPS) is 11.3. The molecular formula is C17H18N4O2S. The first-order valence-electron chi connectivity index (χ1n) is 7.46. The van der Waals surface area contributed by atoms with Crippen LogP contribution in [0.25, 0.3) is 11.1 Å². The number of hydrogen-bond acceptors (Lipinski definition) is 5. The van der Waals surface area contributed by atoms with E-state index < -0.39 is 0 Å². The van der Waals surface area contributed by atoms with Crippen molar-refractivity contribution < 1.29 is 9.32 Å². The van der Waals surface area contributed by atoms with Crippen LogP contribution in [-0.2, 0) is 5.41 Å². The van der Waals surface area contributed by atoms with Crippen LogP contribution in [0.4, 0.5) is 15.7 Å². The lowest BCUT2D eigenvalue weighted by Crippen LogP contribution is -2.18. The third kappa shape index (κ3) is 3.80. The summed E-state index contributed by atoms with van der Waals surface area (Å²) in [7, 11) is 0. The SMILES string of the molecule is CC(C)(C)c1cc(NC(=O)Nc2cc(-c3ccncc3)cs2)on1. The summed E-state index contributed by atoms with van der Waals surface area (Å²) >= 11 is 1.45. The molecule has 3 rings (SSSR count). The number of nitrogens with zero attached hydrogens (tertiary/aromatic N) is 2. The first kappa shape index (κ1) is 16.2.